The molecule has 0 unspecified atom stereocenters. The van der Waals surface area contributed by atoms with E-state index in [0.717, 1.165) is 33.3 Å². The van der Waals surface area contributed by atoms with Crippen LogP contribution in [0.15, 0.2) is 41.3 Å². The van der Waals surface area contributed by atoms with Crippen molar-refractivity contribution in [2.45, 2.75) is 4.90 Å². The van der Waals surface area contributed by atoms with Gasteiger partial charge in [-0.15, -0.1) is 11.8 Å². The third kappa shape index (κ3) is 3.77. The van der Waals surface area contributed by atoms with E-state index in [4.69, 9.17) is 14.2 Å². The van der Waals surface area contributed by atoms with Crippen LogP contribution in [-0.4, -0.2) is 27.6 Å². The Bertz CT molecular complexity index is 640. The Morgan fingerprint density at radius 2 is 1.45 bits per heavy atom. The van der Waals surface area contributed by atoms with Crippen molar-refractivity contribution < 1.29 is 14.2 Å². The molecule has 0 aliphatic carbocycles. The van der Waals surface area contributed by atoms with Gasteiger partial charge < -0.3 is 14.2 Å². The summed E-state index contributed by atoms with van der Waals surface area (Å²) in [4.78, 5) is 1.00. The Morgan fingerprint density at radius 1 is 0.818 bits per heavy atom. The van der Waals surface area contributed by atoms with Crippen molar-refractivity contribution in [2.24, 2.45) is 0 Å². The summed E-state index contributed by atoms with van der Waals surface area (Å²) < 4.78 is 16.1. The number of hydrogen-bond acceptors (Lipinski definition) is 4. The van der Waals surface area contributed by atoms with E-state index in [1.54, 1.807) is 33.1 Å². The van der Waals surface area contributed by atoms with Crippen molar-refractivity contribution in [1.29, 1.82) is 0 Å². The Kier molecular flexibility index (Phi) is 5.78. The molecule has 0 saturated heterocycles. The number of thioether (sulfide) groups is 1. The van der Waals surface area contributed by atoms with E-state index in [1.165, 1.54) is 0 Å². The molecule has 2 aromatic rings. The van der Waals surface area contributed by atoms with Gasteiger partial charge in [0.05, 0.1) is 26.2 Å². The van der Waals surface area contributed by atoms with Crippen LogP contribution < -0.4 is 14.2 Å². The van der Waals surface area contributed by atoms with Gasteiger partial charge in [-0.25, -0.2) is 0 Å². The first-order valence-corrected chi connectivity index (χ1v) is 8.06. The van der Waals surface area contributed by atoms with Crippen LogP contribution in [0.5, 0.6) is 17.2 Å². The third-order valence-electron chi connectivity index (χ3n) is 3.25. The lowest BCUT2D eigenvalue weighted by molar-refractivity contribution is 0.376. The van der Waals surface area contributed by atoms with E-state index in [0.29, 0.717) is 0 Å². The summed E-state index contributed by atoms with van der Waals surface area (Å²) in [6, 6.07) is 11.9. The summed E-state index contributed by atoms with van der Waals surface area (Å²) in [5.74, 6) is 2.48. The molecule has 116 valence electrons. The molecule has 3 nitrogen and oxygen atoms in total. The summed E-state index contributed by atoms with van der Waals surface area (Å²) in [5, 5.41) is 0. The van der Waals surface area contributed by atoms with E-state index >= 15 is 0 Å². The second kappa shape index (κ2) is 7.80. The lowest BCUT2D eigenvalue weighted by Crippen LogP contribution is -1.92. The molecule has 0 heterocycles. The molecule has 0 aromatic heterocycles. The van der Waals surface area contributed by atoms with Crippen LogP contribution in [0.3, 0.4) is 0 Å². The van der Waals surface area contributed by atoms with Gasteiger partial charge in [0, 0.05) is 0 Å². The number of methoxy groups -OCH3 is 3. The first-order valence-electron chi connectivity index (χ1n) is 6.84. The van der Waals surface area contributed by atoms with E-state index in [2.05, 4.69) is 0 Å². The third-order valence-corrected chi connectivity index (χ3v) is 4.06. The summed E-state index contributed by atoms with van der Waals surface area (Å²) in [5.41, 5.74) is 2.10. The quantitative estimate of drug-likeness (QED) is 0.575. The minimum Gasteiger partial charge on any atom is -0.497 e. The highest BCUT2D eigenvalue weighted by atomic mass is 32.2. The summed E-state index contributed by atoms with van der Waals surface area (Å²) in [6.45, 7) is 0. The van der Waals surface area contributed by atoms with Crippen LogP contribution in [0, 0.1) is 0 Å². The number of ether oxygens (including phenoxy) is 3. The van der Waals surface area contributed by atoms with Crippen LogP contribution >= 0.6 is 11.8 Å². The van der Waals surface area contributed by atoms with Gasteiger partial charge in [-0.1, -0.05) is 24.3 Å². The van der Waals surface area contributed by atoms with Gasteiger partial charge in [0.15, 0.2) is 0 Å². The molecule has 4 heteroatoms. The predicted molar refractivity (Wildman–Crippen MR) is 93.2 cm³/mol. The minimum atomic E-state index is 0.817. The largest absolute Gasteiger partial charge is 0.497 e. The number of rotatable bonds is 6. The van der Waals surface area contributed by atoms with Crippen molar-refractivity contribution in [1.82, 2.24) is 0 Å². The highest BCUT2D eigenvalue weighted by Gasteiger charge is 2.10. The normalized spacial score (nSPS) is 10.7. The van der Waals surface area contributed by atoms with Crippen LogP contribution in [0.4, 0.5) is 0 Å². The fourth-order valence-electron chi connectivity index (χ4n) is 2.14. The smallest absolute Gasteiger partial charge is 0.136 e. The molecule has 0 fully saturated rings. The van der Waals surface area contributed by atoms with Gasteiger partial charge in [-0.3, -0.25) is 0 Å². The van der Waals surface area contributed by atoms with Crippen LogP contribution in [0.1, 0.15) is 11.1 Å². The Labute approximate surface area is 135 Å². The maximum Gasteiger partial charge on any atom is 0.136 e. The highest BCUT2D eigenvalue weighted by Crippen LogP contribution is 2.38. The molecule has 2 aromatic carbocycles. The van der Waals surface area contributed by atoms with Crippen LogP contribution in [0.2, 0.25) is 0 Å². The molecule has 0 bridgehead atoms. The summed E-state index contributed by atoms with van der Waals surface area (Å²) in [7, 11) is 5.01. The predicted octanol–water partition coefficient (Wildman–Crippen LogP) is 4.60. The molecular weight excluding hydrogens is 296 g/mol. The van der Waals surface area contributed by atoms with E-state index in [-0.39, 0.29) is 0 Å². The average molecular weight is 316 g/mol. The SMILES string of the molecule is COc1cccc(/C=C\c2cc(OC)c(SC)c(OC)c2)c1. The maximum atomic E-state index is 5.45. The van der Waals surface area contributed by atoms with Crippen molar-refractivity contribution in [2.75, 3.05) is 27.6 Å². The molecule has 0 saturated carbocycles. The van der Waals surface area contributed by atoms with E-state index in [1.807, 2.05) is 54.8 Å². The van der Waals surface area contributed by atoms with Crippen molar-refractivity contribution >= 4 is 23.9 Å². The van der Waals surface area contributed by atoms with Crippen LogP contribution in [0.25, 0.3) is 12.2 Å². The maximum absolute atomic E-state index is 5.45. The summed E-state index contributed by atoms with van der Waals surface area (Å²) in [6.07, 6.45) is 6.07. The van der Waals surface area contributed by atoms with Gasteiger partial charge in [0.2, 0.25) is 0 Å². The Morgan fingerprint density at radius 3 is 2.00 bits per heavy atom. The molecule has 0 N–H and O–H groups in total. The lowest BCUT2D eigenvalue weighted by Gasteiger charge is -2.12. The van der Waals surface area contributed by atoms with E-state index in [9.17, 15) is 0 Å². The van der Waals surface area contributed by atoms with E-state index < -0.39 is 0 Å². The van der Waals surface area contributed by atoms with Crippen LogP contribution in [-0.2, 0) is 0 Å². The standard InChI is InChI=1S/C18H20O3S/c1-19-15-7-5-6-13(10-15)8-9-14-11-16(20-2)18(22-4)17(12-14)21-3/h5-12H,1-4H3/b9-8-. The zero-order chi connectivity index (χ0) is 15.9. The van der Waals surface area contributed by atoms with Crippen molar-refractivity contribution in [3.8, 4) is 17.2 Å². The molecule has 0 aliphatic heterocycles. The fraction of sp³-hybridized carbons (Fsp3) is 0.222. The second-order valence-electron chi connectivity index (χ2n) is 4.57. The second-order valence-corrected chi connectivity index (χ2v) is 5.39. The molecule has 2 rings (SSSR count). The zero-order valence-electron chi connectivity index (χ0n) is 13.3. The fourth-order valence-corrected chi connectivity index (χ4v) is 2.82. The molecular formula is C18H20O3S. The van der Waals surface area contributed by atoms with Gasteiger partial charge in [0.1, 0.15) is 17.2 Å². The lowest BCUT2D eigenvalue weighted by atomic mass is 10.1. The number of benzene rings is 2. The Balaban J connectivity index is 2.34. The Hall–Kier alpha value is -2.07. The molecule has 22 heavy (non-hydrogen) atoms. The average Bonchev–Trinajstić information content (AvgIpc) is 2.58. The first-order chi connectivity index (χ1) is 10.7. The monoisotopic (exact) mass is 316 g/mol. The minimum absolute atomic E-state index is 0.817. The number of hydrogen-bond donors (Lipinski definition) is 0. The molecule has 0 spiro atoms. The molecule has 0 amide bonds. The highest BCUT2D eigenvalue weighted by molar-refractivity contribution is 7.98. The van der Waals surface area contributed by atoms with Crippen molar-refractivity contribution in [3.05, 3.63) is 47.5 Å². The van der Waals surface area contributed by atoms with Gasteiger partial charge in [-0.2, -0.15) is 0 Å². The van der Waals surface area contributed by atoms with Gasteiger partial charge in [0.25, 0.3) is 0 Å². The van der Waals surface area contributed by atoms with Crippen molar-refractivity contribution in [3.63, 3.8) is 0 Å². The summed E-state index contributed by atoms with van der Waals surface area (Å²) >= 11 is 1.61. The zero-order valence-corrected chi connectivity index (χ0v) is 14.1. The molecule has 0 atom stereocenters. The molecule has 0 radical (unpaired) electrons. The molecule has 0 aliphatic rings. The van der Waals surface area contributed by atoms with Gasteiger partial charge >= 0.3 is 0 Å². The topological polar surface area (TPSA) is 27.7 Å². The first kappa shape index (κ1) is 16.3. The van der Waals surface area contributed by atoms with Gasteiger partial charge in [-0.05, 0) is 41.6 Å².